The third-order valence-electron chi connectivity index (χ3n) is 5.33. The van der Waals surface area contributed by atoms with E-state index in [0.717, 1.165) is 11.8 Å². The van der Waals surface area contributed by atoms with E-state index in [0.29, 0.717) is 24.5 Å². The quantitative estimate of drug-likeness (QED) is 0.623. The monoisotopic (exact) mass is 480 g/mol. The Balaban J connectivity index is 1.63. The van der Waals surface area contributed by atoms with Crippen LogP contribution < -0.4 is 14.8 Å². The summed E-state index contributed by atoms with van der Waals surface area (Å²) in [4.78, 5) is 26.9. The number of benzene rings is 2. The van der Waals surface area contributed by atoms with Crippen molar-refractivity contribution in [2.24, 2.45) is 5.92 Å². The molecule has 1 heterocycles. The summed E-state index contributed by atoms with van der Waals surface area (Å²) in [5, 5.41) is 2.89. The van der Waals surface area contributed by atoms with Crippen LogP contribution in [0, 0.1) is 5.92 Å². The largest absolute Gasteiger partial charge is 0.493 e. The van der Waals surface area contributed by atoms with Gasteiger partial charge in [-0.25, -0.2) is 8.42 Å². The van der Waals surface area contributed by atoms with Crippen LogP contribution in [0.15, 0.2) is 41.3 Å². The van der Waals surface area contributed by atoms with Gasteiger partial charge in [-0.3, -0.25) is 9.59 Å². The number of amides is 2. The van der Waals surface area contributed by atoms with Crippen molar-refractivity contribution in [1.29, 1.82) is 0 Å². The lowest BCUT2D eigenvalue weighted by Gasteiger charge is -2.17. The Hall–Kier alpha value is -2.78. The highest BCUT2D eigenvalue weighted by Crippen LogP contribution is 2.29. The molecule has 0 aliphatic carbocycles. The maximum Gasteiger partial charge on any atom is 0.229 e. The highest BCUT2D eigenvalue weighted by atomic mass is 35.5. The van der Waals surface area contributed by atoms with Crippen LogP contribution in [0.3, 0.4) is 0 Å². The maximum absolute atomic E-state index is 12.7. The predicted molar refractivity (Wildman–Crippen MR) is 121 cm³/mol. The molecule has 0 unspecified atom stereocenters. The first kappa shape index (κ1) is 23.9. The fraction of sp³-hybridized carbons (Fsp3) is 0.364. The summed E-state index contributed by atoms with van der Waals surface area (Å²) >= 11 is 6.11. The molecule has 10 heteroatoms. The second-order valence-corrected chi connectivity index (χ2v) is 10.0. The summed E-state index contributed by atoms with van der Waals surface area (Å²) in [6.45, 7) is 0.740. The Morgan fingerprint density at radius 1 is 1.16 bits per heavy atom. The molecule has 32 heavy (non-hydrogen) atoms. The second kappa shape index (κ2) is 9.79. The third-order valence-corrected chi connectivity index (χ3v) is 6.77. The highest BCUT2D eigenvalue weighted by molar-refractivity contribution is 7.90. The molecule has 0 aromatic heterocycles. The van der Waals surface area contributed by atoms with Crippen molar-refractivity contribution in [2.45, 2.75) is 17.7 Å². The molecule has 0 spiro atoms. The first-order chi connectivity index (χ1) is 15.1. The first-order valence-corrected chi connectivity index (χ1v) is 12.2. The number of rotatable bonds is 8. The number of nitrogens with one attached hydrogen (secondary N) is 1. The number of anilines is 1. The van der Waals surface area contributed by atoms with Crippen molar-refractivity contribution in [3.8, 4) is 11.5 Å². The van der Waals surface area contributed by atoms with Gasteiger partial charge in [-0.2, -0.15) is 0 Å². The number of hydrogen-bond acceptors (Lipinski definition) is 6. The first-order valence-electron chi connectivity index (χ1n) is 9.91. The van der Waals surface area contributed by atoms with Crippen molar-refractivity contribution in [3.63, 3.8) is 0 Å². The van der Waals surface area contributed by atoms with Crippen molar-refractivity contribution in [1.82, 2.24) is 4.90 Å². The fourth-order valence-corrected chi connectivity index (χ4v) is 4.34. The minimum Gasteiger partial charge on any atom is -0.493 e. The van der Waals surface area contributed by atoms with Gasteiger partial charge in [-0.05, 0) is 42.3 Å². The molecule has 2 aromatic rings. The zero-order chi connectivity index (χ0) is 23.5. The normalized spacial score (nSPS) is 16.2. The number of hydrogen-bond donors (Lipinski definition) is 1. The number of ether oxygens (including phenoxy) is 2. The Morgan fingerprint density at radius 3 is 2.53 bits per heavy atom. The summed E-state index contributed by atoms with van der Waals surface area (Å²) in [5.74, 6) is 0.207. The van der Waals surface area contributed by atoms with Crippen molar-refractivity contribution < 1.29 is 27.5 Å². The average molecular weight is 481 g/mol. The second-order valence-electron chi connectivity index (χ2n) is 7.58. The Labute approximate surface area is 192 Å². The van der Waals surface area contributed by atoms with Crippen LogP contribution in [0.2, 0.25) is 5.02 Å². The molecule has 2 amide bonds. The minimum atomic E-state index is -3.45. The number of halogens is 1. The SMILES string of the molecule is COc1ccc(CCN2C[C@@H](C(=O)Nc3cc(S(C)(=O)=O)ccc3Cl)CC2=O)cc1OC. The van der Waals surface area contributed by atoms with Gasteiger partial charge in [0, 0.05) is 25.8 Å². The molecule has 1 N–H and O–H groups in total. The van der Waals surface area contributed by atoms with Gasteiger partial charge in [-0.1, -0.05) is 17.7 Å². The number of nitrogens with zero attached hydrogens (tertiary/aromatic N) is 1. The van der Waals surface area contributed by atoms with Crippen LogP contribution in [0.4, 0.5) is 5.69 Å². The van der Waals surface area contributed by atoms with Crippen LogP contribution >= 0.6 is 11.6 Å². The maximum atomic E-state index is 12.7. The van der Waals surface area contributed by atoms with Crippen LogP contribution in [-0.4, -0.2) is 58.7 Å². The van der Waals surface area contributed by atoms with Crippen LogP contribution in [0.25, 0.3) is 0 Å². The molecule has 1 atom stereocenters. The summed E-state index contributed by atoms with van der Waals surface area (Å²) in [6, 6.07) is 9.69. The number of carbonyl (C=O) groups excluding carboxylic acids is 2. The van der Waals surface area contributed by atoms with Gasteiger partial charge in [0.2, 0.25) is 11.8 Å². The van der Waals surface area contributed by atoms with Crippen LogP contribution in [0.5, 0.6) is 11.5 Å². The third kappa shape index (κ3) is 5.52. The Bertz CT molecular complexity index is 1140. The van der Waals surface area contributed by atoms with E-state index in [2.05, 4.69) is 5.32 Å². The molecule has 172 valence electrons. The molecule has 1 fully saturated rings. The summed E-state index contributed by atoms with van der Waals surface area (Å²) in [5.41, 5.74) is 1.18. The van der Waals surface area contributed by atoms with Crippen LogP contribution in [-0.2, 0) is 25.8 Å². The van der Waals surface area contributed by atoms with E-state index in [9.17, 15) is 18.0 Å². The molecule has 1 saturated heterocycles. The number of likely N-dealkylation sites (tertiary alicyclic amines) is 1. The van der Waals surface area contributed by atoms with Crippen molar-refractivity contribution in [3.05, 3.63) is 47.0 Å². The lowest BCUT2D eigenvalue weighted by Crippen LogP contribution is -2.30. The number of methoxy groups -OCH3 is 2. The van der Waals surface area contributed by atoms with Gasteiger partial charge in [-0.15, -0.1) is 0 Å². The van der Waals surface area contributed by atoms with E-state index in [1.165, 1.54) is 18.2 Å². The highest BCUT2D eigenvalue weighted by Gasteiger charge is 2.34. The molecule has 1 aliphatic rings. The smallest absolute Gasteiger partial charge is 0.229 e. The molecule has 1 aliphatic heterocycles. The molecule has 3 rings (SSSR count). The molecule has 2 aromatic carbocycles. The molecule has 0 radical (unpaired) electrons. The Kier molecular flexibility index (Phi) is 7.30. The zero-order valence-corrected chi connectivity index (χ0v) is 19.6. The summed E-state index contributed by atoms with van der Waals surface area (Å²) < 4.78 is 34.1. The van der Waals surface area contributed by atoms with E-state index in [-0.39, 0.29) is 40.4 Å². The molecular formula is C22H25ClN2O6S. The predicted octanol–water partition coefficient (Wildman–Crippen LogP) is 2.79. The minimum absolute atomic E-state index is 0.0521. The van der Waals surface area contributed by atoms with E-state index in [4.69, 9.17) is 21.1 Å². The van der Waals surface area contributed by atoms with Crippen molar-refractivity contribution in [2.75, 3.05) is 38.9 Å². The molecule has 0 bridgehead atoms. The Morgan fingerprint density at radius 2 is 1.88 bits per heavy atom. The van der Waals surface area contributed by atoms with Gasteiger partial charge in [0.25, 0.3) is 0 Å². The van der Waals surface area contributed by atoms with Gasteiger partial charge in [0.1, 0.15) is 0 Å². The lowest BCUT2D eigenvalue weighted by atomic mass is 10.1. The summed E-state index contributed by atoms with van der Waals surface area (Å²) in [6.07, 6.45) is 1.76. The van der Waals surface area contributed by atoms with E-state index >= 15 is 0 Å². The standard InChI is InChI=1S/C22H25ClN2O6S/c1-30-19-7-4-14(10-20(19)31-2)8-9-25-13-15(11-21(25)26)22(27)24-18-12-16(32(3,28)29)5-6-17(18)23/h4-7,10,12,15H,8-9,11,13H2,1-3H3,(H,24,27)/t15-/m0/s1. The fourth-order valence-electron chi connectivity index (χ4n) is 3.53. The molecule has 0 saturated carbocycles. The zero-order valence-electron chi connectivity index (χ0n) is 18.1. The molecular weight excluding hydrogens is 456 g/mol. The van der Waals surface area contributed by atoms with Gasteiger partial charge < -0.3 is 19.7 Å². The lowest BCUT2D eigenvalue weighted by molar-refractivity contribution is -0.128. The van der Waals surface area contributed by atoms with E-state index in [1.54, 1.807) is 19.1 Å². The van der Waals surface area contributed by atoms with Gasteiger partial charge in [0.15, 0.2) is 21.3 Å². The summed E-state index contributed by atoms with van der Waals surface area (Å²) in [7, 11) is -0.319. The van der Waals surface area contributed by atoms with Crippen molar-refractivity contribution >= 4 is 38.9 Å². The topological polar surface area (TPSA) is 102 Å². The number of sulfone groups is 1. The van der Waals surface area contributed by atoms with E-state index in [1.807, 2.05) is 18.2 Å². The van der Waals surface area contributed by atoms with Gasteiger partial charge >= 0.3 is 0 Å². The molecule has 8 nitrogen and oxygen atoms in total. The average Bonchev–Trinajstić information content (AvgIpc) is 3.13. The van der Waals surface area contributed by atoms with Gasteiger partial charge in [0.05, 0.1) is 35.7 Å². The number of carbonyl (C=O) groups is 2. The van der Waals surface area contributed by atoms with E-state index < -0.39 is 15.8 Å². The van der Waals surface area contributed by atoms with Crippen LogP contribution in [0.1, 0.15) is 12.0 Å².